The van der Waals surface area contributed by atoms with Crippen LogP contribution in [0.5, 0.6) is 0 Å². The molecule has 0 aliphatic carbocycles. The van der Waals surface area contributed by atoms with Crippen LogP contribution in [0.1, 0.15) is 23.7 Å². The number of nitrogens with one attached hydrogen (secondary N) is 3. The topological polar surface area (TPSA) is 70.2 Å². The van der Waals surface area contributed by atoms with Crippen LogP contribution in [0, 0.1) is 0 Å². The van der Waals surface area contributed by atoms with Crippen LogP contribution in [0.15, 0.2) is 42.5 Å². The van der Waals surface area contributed by atoms with E-state index in [9.17, 15) is 9.59 Å². The predicted octanol–water partition coefficient (Wildman–Crippen LogP) is 4.18. The molecule has 0 heterocycles. The van der Waals surface area contributed by atoms with Crippen LogP contribution in [0.2, 0.25) is 10.0 Å². The Morgan fingerprint density at radius 2 is 1.72 bits per heavy atom. The van der Waals surface area contributed by atoms with E-state index in [0.717, 1.165) is 6.42 Å². The minimum absolute atomic E-state index is 0.0446. The third-order valence-corrected chi connectivity index (χ3v) is 3.70. The fourth-order valence-electron chi connectivity index (χ4n) is 2.12. The van der Waals surface area contributed by atoms with Gasteiger partial charge in [0, 0.05) is 33.5 Å². The van der Waals surface area contributed by atoms with Gasteiger partial charge in [0.1, 0.15) is 0 Å². The average molecular weight is 380 g/mol. The van der Waals surface area contributed by atoms with E-state index in [2.05, 4.69) is 16.0 Å². The summed E-state index contributed by atoms with van der Waals surface area (Å²) in [5.74, 6) is -0.410. The maximum atomic E-state index is 12.1. The summed E-state index contributed by atoms with van der Waals surface area (Å²) in [6.45, 7) is 2.64. The van der Waals surface area contributed by atoms with Gasteiger partial charge < -0.3 is 16.0 Å². The minimum Gasteiger partial charge on any atom is -0.376 e. The third-order valence-electron chi connectivity index (χ3n) is 3.26. The summed E-state index contributed by atoms with van der Waals surface area (Å²) in [6, 6.07) is 11.8. The molecule has 0 fully saturated rings. The molecule has 0 bridgehead atoms. The number of hydrogen-bond donors (Lipinski definition) is 3. The molecular weight excluding hydrogens is 361 g/mol. The second-order valence-corrected chi connectivity index (χ2v) is 6.27. The van der Waals surface area contributed by atoms with Crippen LogP contribution in [0.4, 0.5) is 11.4 Å². The summed E-state index contributed by atoms with van der Waals surface area (Å²) in [6.07, 6.45) is 0.862. The molecule has 132 valence electrons. The van der Waals surface area contributed by atoms with Crippen LogP contribution in [0.25, 0.3) is 0 Å². The molecule has 2 amide bonds. The van der Waals surface area contributed by atoms with Crippen LogP contribution >= 0.6 is 23.2 Å². The second kappa shape index (κ2) is 9.30. The smallest absolute Gasteiger partial charge is 0.251 e. The average Bonchev–Trinajstić information content (AvgIpc) is 2.57. The Labute approximate surface area is 156 Å². The highest BCUT2D eigenvalue weighted by atomic mass is 35.5. The van der Waals surface area contributed by atoms with Crippen LogP contribution in [-0.2, 0) is 4.79 Å². The number of benzene rings is 2. The van der Waals surface area contributed by atoms with Crippen molar-refractivity contribution in [3.8, 4) is 0 Å². The SMILES string of the molecule is CCCNC(=O)c1cccc(NC(=O)CNc2cc(Cl)cc(Cl)c2)c1. The normalized spacial score (nSPS) is 10.2. The van der Waals surface area contributed by atoms with Gasteiger partial charge in [-0.15, -0.1) is 0 Å². The Kier molecular flexibility index (Phi) is 7.10. The van der Waals surface area contributed by atoms with E-state index in [1.54, 1.807) is 42.5 Å². The lowest BCUT2D eigenvalue weighted by molar-refractivity contribution is -0.114. The number of carbonyl (C=O) groups is 2. The van der Waals surface area contributed by atoms with E-state index in [1.807, 2.05) is 6.92 Å². The van der Waals surface area contributed by atoms with Gasteiger partial charge in [0.05, 0.1) is 6.54 Å². The quantitative estimate of drug-likeness (QED) is 0.675. The molecule has 0 saturated carbocycles. The molecule has 0 aliphatic heterocycles. The molecule has 25 heavy (non-hydrogen) atoms. The zero-order valence-corrected chi connectivity index (χ0v) is 15.2. The predicted molar refractivity (Wildman–Crippen MR) is 103 cm³/mol. The minimum atomic E-state index is -0.248. The highest BCUT2D eigenvalue weighted by Crippen LogP contribution is 2.22. The number of halogens is 2. The highest BCUT2D eigenvalue weighted by molar-refractivity contribution is 6.35. The van der Waals surface area contributed by atoms with Gasteiger partial charge in [0.25, 0.3) is 5.91 Å². The van der Waals surface area contributed by atoms with Crippen LogP contribution in [0.3, 0.4) is 0 Å². The molecule has 0 atom stereocenters. The molecule has 2 aromatic carbocycles. The summed E-state index contributed by atoms with van der Waals surface area (Å²) >= 11 is 11.8. The molecule has 2 aromatic rings. The Balaban J connectivity index is 1.92. The summed E-state index contributed by atoms with van der Waals surface area (Å²) in [4.78, 5) is 24.0. The first-order valence-corrected chi connectivity index (χ1v) is 8.61. The highest BCUT2D eigenvalue weighted by Gasteiger charge is 2.08. The van der Waals surface area contributed by atoms with Crippen LogP contribution < -0.4 is 16.0 Å². The van der Waals surface area contributed by atoms with Crippen molar-refractivity contribution in [2.24, 2.45) is 0 Å². The molecule has 0 unspecified atom stereocenters. The third kappa shape index (κ3) is 6.29. The van der Waals surface area contributed by atoms with Gasteiger partial charge in [0.15, 0.2) is 0 Å². The summed E-state index contributed by atoms with van der Waals surface area (Å²) in [5, 5.41) is 9.47. The molecule has 7 heteroatoms. The lowest BCUT2D eigenvalue weighted by Gasteiger charge is -2.10. The Morgan fingerprint density at radius 3 is 2.40 bits per heavy atom. The largest absolute Gasteiger partial charge is 0.376 e. The van der Waals surface area contributed by atoms with Gasteiger partial charge >= 0.3 is 0 Å². The lowest BCUT2D eigenvalue weighted by Crippen LogP contribution is -2.24. The lowest BCUT2D eigenvalue weighted by atomic mass is 10.2. The van der Waals surface area contributed by atoms with Gasteiger partial charge in [-0.3, -0.25) is 9.59 Å². The Hall–Kier alpha value is -2.24. The molecule has 0 saturated heterocycles. The molecular formula is C18H19Cl2N3O2. The summed E-state index contributed by atoms with van der Waals surface area (Å²) < 4.78 is 0. The van der Waals surface area contributed by atoms with Gasteiger partial charge in [-0.1, -0.05) is 36.2 Å². The molecule has 5 nitrogen and oxygen atoms in total. The van der Waals surface area contributed by atoms with E-state index in [1.165, 1.54) is 0 Å². The number of hydrogen-bond acceptors (Lipinski definition) is 3. The van der Waals surface area contributed by atoms with E-state index in [4.69, 9.17) is 23.2 Å². The fourth-order valence-corrected chi connectivity index (χ4v) is 2.65. The van der Waals surface area contributed by atoms with E-state index in [0.29, 0.717) is 33.5 Å². The van der Waals surface area contributed by atoms with Gasteiger partial charge in [0.2, 0.25) is 5.91 Å². The Morgan fingerprint density at radius 1 is 1.00 bits per heavy atom. The van der Waals surface area contributed by atoms with Crippen molar-refractivity contribution >= 4 is 46.4 Å². The number of rotatable bonds is 7. The van der Waals surface area contributed by atoms with Crippen molar-refractivity contribution in [3.63, 3.8) is 0 Å². The molecule has 0 aromatic heterocycles. The first kappa shape index (κ1) is 19.1. The second-order valence-electron chi connectivity index (χ2n) is 5.40. The van der Waals surface area contributed by atoms with Crippen molar-refractivity contribution in [2.45, 2.75) is 13.3 Å². The number of carbonyl (C=O) groups excluding carboxylic acids is 2. The zero-order chi connectivity index (χ0) is 18.2. The summed E-state index contributed by atoms with van der Waals surface area (Å²) in [5.41, 5.74) is 1.71. The van der Waals surface area contributed by atoms with Crippen molar-refractivity contribution in [1.29, 1.82) is 0 Å². The van der Waals surface area contributed by atoms with Gasteiger partial charge in [-0.25, -0.2) is 0 Å². The number of anilines is 2. The maximum absolute atomic E-state index is 12.1. The van der Waals surface area contributed by atoms with E-state index in [-0.39, 0.29) is 18.4 Å². The summed E-state index contributed by atoms with van der Waals surface area (Å²) in [7, 11) is 0. The number of amides is 2. The van der Waals surface area contributed by atoms with E-state index >= 15 is 0 Å². The van der Waals surface area contributed by atoms with Crippen molar-refractivity contribution in [2.75, 3.05) is 23.7 Å². The zero-order valence-electron chi connectivity index (χ0n) is 13.7. The van der Waals surface area contributed by atoms with E-state index < -0.39 is 0 Å². The van der Waals surface area contributed by atoms with Gasteiger partial charge in [-0.2, -0.15) is 0 Å². The molecule has 3 N–H and O–H groups in total. The van der Waals surface area contributed by atoms with Crippen LogP contribution in [-0.4, -0.2) is 24.9 Å². The molecule has 0 spiro atoms. The standard InChI is InChI=1S/C18H19Cl2N3O2/c1-2-6-21-18(25)12-4-3-5-15(7-12)23-17(24)11-22-16-9-13(19)8-14(20)10-16/h3-5,7-10,22H,2,6,11H2,1H3,(H,21,25)(H,23,24). The molecule has 0 radical (unpaired) electrons. The molecule has 2 rings (SSSR count). The van der Waals surface area contributed by atoms with Gasteiger partial charge in [-0.05, 0) is 42.8 Å². The molecule has 0 aliphatic rings. The van der Waals surface area contributed by atoms with Crippen molar-refractivity contribution < 1.29 is 9.59 Å². The fraction of sp³-hybridized carbons (Fsp3) is 0.222. The van der Waals surface area contributed by atoms with Crippen molar-refractivity contribution in [1.82, 2.24) is 5.32 Å². The Bertz CT molecular complexity index is 745. The van der Waals surface area contributed by atoms with Crippen molar-refractivity contribution in [3.05, 3.63) is 58.1 Å². The first-order chi connectivity index (χ1) is 12.0. The first-order valence-electron chi connectivity index (χ1n) is 7.86. The monoisotopic (exact) mass is 379 g/mol. The maximum Gasteiger partial charge on any atom is 0.251 e.